The average molecular weight is 391 g/mol. The highest BCUT2D eigenvalue weighted by atomic mass is 32.2. The molecule has 1 fully saturated rings. The molecule has 2 aliphatic rings. The summed E-state index contributed by atoms with van der Waals surface area (Å²) < 4.78 is 34.0. The van der Waals surface area contributed by atoms with Crippen molar-refractivity contribution in [3.05, 3.63) is 36.4 Å². The van der Waals surface area contributed by atoms with Crippen LogP contribution in [-0.2, 0) is 19.6 Å². The molecule has 8 nitrogen and oxygen atoms in total. The van der Waals surface area contributed by atoms with E-state index in [4.69, 9.17) is 4.74 Å². The molecule has 1 amide bonds. The number of anilines is 1. The Kier molecular flexibility index (Phi) is 5.59. The Balaban J connectivity index is 1.82. The normalized spacial score (nSPS) is 17.6. The van der Waals surface area contributed by atoms with Crippen molar-refractivity contribution in [2.24, 2.45) is 4.40 Å². The molecule has 0 unspecified atom stereocenters. The first-order valence-electron chi connectivity index (χ1n) is 8.72. The van der Waals surface area contributed by atoms with Crippen LogP contribution >= 0.6 is 0 Å². The fraction of sp³-hybridized carbons (Fsp3) is 0.389. The molecule has 3 rings (SSSR count). The molecule has 0 radical (unpaired) electrons. The van der Waals surface area contributed by atoms with Gasteiger partial charge >= 0.3 is 5.97 Å². The number of benzene rings is 1. The van der Waals surface area contributed by atoms with Crippen LogP contribution in [0.25, 0.3) is 0 Å². The molecule has 0 spiro atoms. The second-order valence-electron chi connectivity index (χ2n) is 6.30. The molecule has 0 bridgehead atoms. The second-order valence-corrected chi connectivity index (χ2v) is 7.87. The van der Waals surface area contributed by atoms with Crippen molar-refractivity contribution in [1.29, 1.82) is 0 Å². The zero-order chi connectivity index (χ0) is 19.4. The fourth-order valence-corrected chi connectivity index (χ4v) is 4.34. The van der Waals surface area contributed by atoms with Gasteiger partial charge in [-0.3, -0.25) is 4.79 Å². The van der Waals surface area contributed by atoms with Gasteiger partial charge in [0.05, 0.1) is 11.3 Å². The smallest absolute Gasteiger partial charge is 0.338 e. The minimum absolute atomic E-state index is 0.0151. The van der Waals surface area contributed by atoms with Crippen molar-refractivity contribution >= 4 is 33.4 Å². The van der Waals surface area contributed by atoms with Gasteiger partial charge in [-0.25, -0.2) is 4.79 Å². The molecule has 144 valence electrons. The SMILES string of the molecule is C=CCNC(=O)COC(=O)c1ccc2c(c1)S(=O)(=O)N=C1CCCCCN12. The Morgan fingerprint density at radius 1 is 1.30 bits per heavy atom. The maximum atomic E-state index is 12.6. The molecule has 27 heavy (non-hydrogen) atoms. The first kappa shape index (κ1) is 19.1. The highest BCUT2D eigenvalue weighted by Gasteiger charge is 2.32. The molecule has 1 aromatic rings. The van der Waals surface area contributed by atoms with Gasteiger partial charge in [0.1, 0.15) is 10.7 Å². The van der Waals surface area contributed by atoms with E-state index < -0.39 is 28.5 Å². The Morgan fingerprint density at radius 2 is 2.11 bits per heavy atom. The summed E-state index contributed by atoms with van der Waals surface area (Å²) in [5.41, 5.74) is 0.587. The lowest BCUT2D eigenvalue weighted by Crippen LogP contribution is -2.35. The van der Waals surface area contributed by atoms with Gasteiger partial charge in [0.15, 0.2) is 6.61 Å². The Bertz CT molecular complexity index is 908. The second kappa shape index (κ2) is 7.91. The van der Waals surface area contributed by atoms with Gasteiger partial charge in [0, 0.05) is 19.5 Å². The van der Waals surface area contributed by atoms with Crippen molar-refractivity contribution in [3.8, 4) is 0 Å². The summed E-state index contributed by atoms with van der Waals surface area (Å²) in [6.07, 6.45) is 4.98. The quantitative estimate of drug-likeness (QED) is 0.604. The highest BCUT2D eigenvalue weighted by molar-refractivity contribution is 7.90. The number of carbonyl (C=O) groups is 2. The minimum Gasteiger partial charge on any atom is -0.452 e. The van der Waals surface area contributed by atoms with Crippen LogP contribution in [0.4, 0.5) is 5.69 Å². The van der Waals surface area contributed by atoms with E-state index in [1.54, 1.807) is 6.07 Å². The highest BCUT2D eigenvalue weighted by Crippen LogP contribution is 2.35. The topological polar surface area (TPSA) is 105 Å². The lowest BCUT2D eigenvalue weighted by molar-refractivity contribution is -0.124. The molecule has 9 heteroatoms. The molecule has 0 aromatic heterocycles. The van der Waals surface area contributed by atoms with E-state index in [2.05, 4.69) is 16.3 Å². The summed E-state index contributed by atoms with van der Waals surface area (Å²) in [7, 11) is -3.88. The predicted octanol–water partition coefficient (Wildman–Crippen LogP) is 1.63. The predicted molar refractivity (Wildman–Crippen MR) is 100 cm³/mol. The van der Waals surface area contributed by atoms with Crippen LogP contribution < -0.4 is 10.2 Å². The van der Waals surface area contributed by atoms with Crippen LogP contribution in [0.2, 0.25) is 0 Å². The van der Waals surface area contributed by atoms with Crippen molar-refractivity contribution in [2.75, 3.05) is 24.6 Å². The van der Waals surface area contributed by atoms with Gasteiger partial charge in [-0.1, -0.05) is 12.5 Å². The number of fused-ring (bicyclic) bond motifs is 3. The molecule has 0 aliphatic carbocycles. The van der Waals surface area contributed by atoms with Crippen LogP contribution in [0.1, 0.15) is 36.0 Å². The lowest BCUT2D eigenvalue weighted by atomic mass is 10.2. The van der Waals surface area contributed by atoms with Gasteiger partial charge in [-0.15, -0.1) is 11.0 Å². The monoisotopic (exact) mass is 391 g/mol. The van der Waals surface area contributed by atoms with Crippen LogP contribution in [0.15, 0.2) is 40.1 Å². The number of nitrogens with zero attached hydrogens (tertiary/aromatic N) is 2. The third-order valence-electron chi connectivity index (χ3n) is 4.36. The number of carbonyl (C=O) groups excluding carboxylic acids is 2. The van der Waals surface area contributed by atoms with E-state index in [0.29, 0.717) is 24.5 Å². The largest absolute Gasteiger partial charge is 0.452 e. The molecular weight excluding hydrogens is 370 g/mol. The number of amides is 1. The summed E-state index contributed by atoms with van der Waals surface area (Å²) in [6.45, 7) is 3.97. The zero-order valence-corrected chi connectivity index (χ0v) is 15.6. The van der Waals surface area contributed by atoms with Gasteiger partial charge in [-0.05, 0) is 31.0 Å². The molecule has 1 aromatic carbocycles. The standard InChI is InChI=1S/C18H21N3O5S/c1-2-9-19-17(22)12-26-18(23)13-7-8-14-15(11-13)27(24,25)20-16-6-4-3-5-10-21(14)16/h2,7-8,11H,1,3-6,9-10,12H2,(H,19,22). The summed E-state index contributed by atoms with van der Waals surface area (Å²) in [5, 5.41) is 2.48. The first-order chi connectivity index (χ1) is 12.9. The molecule has 0 saturated carbocycles. The third kappa shape index (κ3) is 4.19. The maximum absolute atomic E-state index is 12.6. The van der Waals surface area contributed by atoms with Crippen LogP contribution in [0, 0.1) is 0 Å². The lowest BCUT2D eigenvalue weighted by Gasteiger charge is -2.29. The van der Waals surface area contributed by atoms with Gasteiger partial charge in [0.25, 0.3) is 15.9 Å². The number of ether oxygens (including phenoxy) is 1. The van der Waals surface area contributed by atoms with Crippen LogP contribution in [0.3, 0.4) is 0 Å². The number of amidine groups is 1. The van der Waals surface area contributed by atoms with E-state index in [1.165, 1.54) is 18.2 Å². The number of hydrogen-bond donors (Lipinski definition) is 1. The van der Waals surface area contributed by atoms with Crippen molar-refractivity contribution < 1.29 is 22.7 Å². The van der Waals surface area contributed by atoms with E-state index in [9.17, 15) is 18.0 Å². The molecule has 0 atom stereocenters. The number of nitrogens with one attached hydrogen (secondary N) is 1. The molecule has 2 aliphatic heterocycles. The number of hydrogen-bond acceptors (Lipinski definition) is 6. The number of sulfonamides is 1. The number of esters is 1. The molecule has 2 heterocycles. The van der Waals surface area contributed by atoms with E-state index in [1.807, 2.05) is 4.90 Å². The number of rotatable bonds is 5. The molecular formula is C18H21N3O5S. The van der Waals surface area contributed by atoms with E-state index in [0.717, 1.165) is 19.3 Å². The van der Waals surface area contributed by atoms with Gasteiger partial charge in [0.2, 0.25) is 0 Å². The Labute approximate surface area is 158 Å². The summed E-state index contributed by atoms with van der Waals surface area (Å²) in [5.74, 6) is -0.686. The maximum Gasteiger partial charge on any atom is 0.338 e. The molecule has 1 N–H and O–H groups in total. The van der Waals surface area contributed by atoms with Crippen LogP contribution in [0.5, 0.6) is 0 Å². The van der Waals surface area contributed by atoms with Crippen molar-refractivity contribution in [2.45, 2.75) is 30.6 Å². The van der Waals surface area contributed by atoms with E-state index >= 15 is 0 Å². The average Bonchev–Trinajstić information content (AvgIpc) is 2.89. The zero-order valence-electron chi connectivity index (χ0n) is 14.8. The third-order valence-corrected chi connectivity index (χ3v) is 5.70. The van der Waals surface area contributed by atoms with Crippen molar-refractivity contribution in [3.63, 3.8) is 0 Å². The Hall–Kier alpha value is -2.68. The minimum atomic E-state index is -3.88. The van der Waals surface area contributed by atoms with Gasteiger partial charge in [-0.2, -0.15) is 8.42 Å². The summed E-state index contributed by atoms with van der Waals surface area (Å²) in [6, 6.07) is 4.37. The fourth-order valence-electron chi connectivity index (χ4n) is 3.06. The van der Waals surface area contributed by atoms with Gasteiger partial charge < -0.3 is 15.0 Å². The van der Waals surface area contributed by atoms with Crippen molar-refractivity contribution in [1.82, 2.24) is 5.32 Å². The molecule has 1 saturated heterocycles. The Morgan fingerprint density at radius 3 is 2.89 bits per heavy atom. The van der Waals surface area contributed by atoms with Crippen LogP contribution in [-0.4, -0.2) is 45.8 Å². The van der Waals surface area contributed by atoms with E-state index in [-0.39, 0.29) is 17.0 Å². The first-order valence-corrected chi connectivity index (χ1v) is 10.2. The summed E-state index contributed by atoms with van der Waals surface area (Å²) >= 11 is 0. The summed E-state index contributed by atoms with van der Waals surface area (Å²) in [4.78, 5) is 25.6.